The number of aromatic nitrogens is 2. The van der Waals surface area contributed by atoms with Gasteiger partial charge in [-0.1, -0.05) is 6.92 Å². The maximum absolute atomic E-state index is 12.7. The maximum atomic E-state index is 12.7. The highest BCUT2D eigenvalue weighted by Crippen LogP contribution is 2.29. The van der Waals surface area contributed by atoms with Crippen LogP contribution in [0.3, 0.4) is 0 Å². The van der Waals surface area contributed by atoms with Gasteiger partial charge in [0.15, 0.2) is 5.69 Å². The fourth-order valence-corrected chi connectivity index (χ4v) is 1.28. The summed E-state index contributed by atoms with van der Waals surface area (Å²) in [5.41, 5.74) is -1.02. The molecule has 1 aromatic rings. The van der Waals surface area contributed by atoms with E-state index in [9.17, 15) is 13.2 Å². The molecule has 0 aliphatic rings. The molecule has 0 aromatic carbocycles. The lowest BCUT2D eigenvalue weighted by molar-refractivity contribution is -0.141. The Hall–Kier alpha value is -1.57. The topological polar surface area (TPSA) is 70.1 Å². The van der Waals surface area contributed by atoms with Crippen molar-refractivity contribution in [3.8, 4) is 0 Å². The minimum absolute atomic E-state index is 0.0301. The SMILES string of the molecule is CCCNc1nc(NC(C)CO)cc(C(F)(F)F)n1. The van der Waals surface area contributed by atoms with E-state index in [0.717, 1.165) is 12.5 Å². The Kier molecular flexibility index (Phi) is 5.34. The Labute approximate surface area is 109 Å². The fourth-order valence-electron chi connectivity index (χ4n) is 1.28. The number of nitrogens with zero attached hydrogens (tertiary/aromatic N) is 2. The van der Waals surface area contributed by atoms with Crippen LogP contribution >= 0.6 is 0 Å². The summed E-state index contributed by atoms with van der Waals surface area (Å²) in [5, 5.41) is 14.3. The average Bonchev–Trinajstić information content (AvgIpc) is 2.34. The average molecular weight is 278 g/mol. The summed E-state index contributed by atoms with van der Waals surface area (Å²) >= 11 is 0. The van der Waals surface area contributed by atoms with E-state index in [1.165, 1.54) is 0 Å². The van der Waals surface area contributed by atoms with Gasteiger partial charge in [0.05, 0.1) is 6.61 Å². The zero-order valence-electron chi connectivity index (χ0n) is 10.8. The molecule has 0 aliphatic heterocycles. The molecular formula is C11H17F3N4O. The molecule has 0 saturated heterocycles. The summed E-state index contributed by atoms with van der Waals surface area (Å²) in [6.07, 6.45) is -3.79. The third-order valence-electron chi connectivity index (χ3n) is 2.22. The van der Waals surface area contributed by atoms with Crippen LogP contribution in [-0.4, -0.2) is 34.3 Å². The van der Waals surface area contributed by atoms with E-state index in [1.807, 2.05) is 6.92 Å². The Morgan fingerprint density at radius 1 is 1.37 bits per heavy atom. The number of aliphatic hydroxyl groups is 1. The molecule has 1 unspecified atom stereocenters. The van der Waals surface area contributed by atoms with Crippen LogP contribution in [0.5, 0.6) is 0 Å². The lowest BCUT2D eigenvalue weighted by Crippen LogP contribution is -2.22. The van der Waals surface area contributed by atoms with Gasteiger partial charge in [-0.05, 0) is 13.3 Å². The molecule has 0 bridgehead atoms. The highest BCUT2D eigenvalue weighted by atomic mass is 19.4. The summed E-state index contributed by atoms with van der Waals surface area (Å²) in [4.78, 5) is 7.35. The number of rotatable bonds is 6. The lowest BCUT2D eigenvalue weighted by Gasteiger charge is -2.15. The third kappa shape index (κ3) is 4.90. The molecule has 0 amide bonds. The minimum atomic E-state index is -4.54. The van der Waals surface area contributed by atoms with Gasteiger partial charge >= 0.3 is 6.18 Å². The number of halogens is 3. The van der Waals surface area contributed by atoms with Gasteiger partial charge in [-0.15, -0.1) is 0 Å². The molecule has 0 radical (unpaired) electrons. The monoisotopic (exact) mass is 278 g/mol. The molecule has 5 nitrogen and oxygen atoms in total. The molecule has 1 rings (SSSR count). The highest BCUT2D eigenvalue weighted by Gasteiger charge is 2.33. The number of aliphatic hydroxyl groups excluding tert-OH is 1. The Bertz CT molecular complexity index is 411. The molecule has 3 N–H and O–H groups in total. The van der Waals surface area contributed by atoms with Gasteiger partial charge in [0.25, 0.3) is 0 Å². The first-order chi connectivity index (χ1) is 8.86. The van der Waals surface area contributed by atoms with Crippen LogP contribution in [0.1, 0.15) is 26.0 Å². The number of anilines is 2. The predicted molar refractivity (Wildman–Crippen MR) is 66.0 cm³/mol. The molecular weight excluding hydrogens is 261 g/mol. The summed E-state index contributed by atoms with van der Waals surface area (Å²) < 4.78 is 38.1. The zero-order chi connectivity index (χ0) is 14.5. The van der Waals surface area contributed by atoms with Gasteiger partial charge in [0.2, 0.25) is 5.95 Å². The molecule has 8 heteroatoms. The first-order valence-electron chi connectivity index (χ1n) is 5.94. The first kappa shape index (κ1) is 15.5. The van der Waals surface area contributed by atoms with Gasteiger partial charge < -0.3 is 15.7 Å². The number of nitrogens with one attached hydrogen (secondary N) is 2. The van der Waals surface area contributed by atoms with E-state index >= 15 is 0 Å². The number of hydrogen-bond acceptors (Lipinski definition) is 5. The largest absolute Gasteiger partial charge is 0.433 e. The predicted octanol–water partition coefficient (Wildman–Crippen LogP) is 2.11. The van der Waals surface area contributed by atoms with Crippen molar-refractivity contribution >= 4 is 11.8 Å². The number of hydrogen-bond donors (Lipinski definition) is 3. The Morgan fingerprint density at radius 3 is 2.58 bits per heavy atom. The molecule has 0 aliphatic carbocycles. The van der Waals surface area contributed by atoms with Crippen molar-refractivity contribution in [1.82, 2.24) is 9.97 Å². The van der Waals surface area contributed by atoms with E-state index in [0.29, 0.717) is 6.54 Å². The minimum Gasteiger partial charge on any atom is -0.394 e. The second-order valence-corrected chi connectivity index (χ2v) is 4.11. The van der Waals surface area contributed by atoms with E-state index in [2.05, 4.69) is 20.6 Å². The maximum Gasteiger partial charge on any atom is 0.433 e. The molecule has 0 spiro atoms. The fraction of sp³-hybridized carbons (Fsp3) is 0.636. The quantitative estimate of drug-likeness (QED) is 0.743. The summed E-state index contributed by atoms with van der Waals surface area (Å²) in [7, 11) is 0. The number of alkyl halides is 3. The van der Waals surface area contributed by atoms with Crippen molar-refractivity contribution in [2.24, 2.45) is 0 Å². The van der Waals surface area contributed by atoms with Crippen molar-refractivity contribution in [1.29, 1.82) is 0 Å². The van der Waals surface area contributed by atoms with Crippen LogP contribution in [0.25, 0.3) is 0 Å². The molecule has 0 saturated carbocycles. The third-order valence-corrected chi connectivity index (χ3v) is 2.22. The normalized spacial score (nSPS) is 13.2. The van der Waals surface area contributed by atoms with Crippen LogP contribution in [0.2, 0.25) is 0 Å². The van der Waals surface area contributed by atoms with Gasteiger partial charge in [-0.2, -0.15) is 18.2 Å². The van der Waals surface area contributed by atoms with Crippen LogP contribution < -0.4 is 10.6 Å². The molecule has 108 valence electrons. The second kappa shape index (κ2) is 6.55. The van der Waals surface area contributed by atoms with Crippen molar-refractivity contribution in [2.75, 3.05) is 23.8 Å². The van der Waals surface area contributed by atoms with Crippen LogP contribution in [-0.2, 0) is 6.18 Å². The van der Waals surface area contributed by atoms with E-state index in [4.69, 9.17) is 5.11 Å². The smallest absolute Gasteiger partial charge is 0.394 e. The van der Waals surface area contributed by atoms with Crippen molar-refractivity contribution in [3.63, 3.8) is 0 Å². The van der Waals surface area contributed by atoms with E-state index in [-0.39, 0.29) is 18.4 Å². The van der Waals surface area contributed by atoms with Gasteiger partial charge in [0.1, 0.15) is 5.82 Å². The molecule has 19 heavy (non-hydrogen) atoms. The summed E-state index contributed by atoms with van der Waals surface area (Å²) in [6, 6.07) is 0.429. The molecule has 1 heterocycles. The highest BCUT2D eigenvalue weighted by molar-refractivity contribution is 5.43. The molecule has 1 atom stereocenters. The van der Waals surface area contributed by atoms with Crippen LogP contribution in [0.15, 0.2) is 6.07 Å². The second-order valence-electron chi connectivity index (χ2n) is 4.11. The van der Waals surface area contributed by atoms with Crippen molar-refractivity contribution in [2.45, 2.75) is 32.5 Å². The van der Waals surface area contributed by atoms with E-state index in [1.54, 1.807) is 6.92 Å². The van der Waals surface area contributed by atoms with Crippen molar-refractivity contribution < 1.29 is 18.3 Å². The zero-order valence-corrected chi connectivity index (χ0v) is 10.8. The molecule has 1 aromatic heterocycles. The summed E-state index contributed by atoms with van der Waals surface area (Å²) in [5.74, 6) is -0.0493. The van der Waals surface area contributed by atoms with Crippen molar-refractivity contribution in [3.05, 3.63) is 11.8 Å². The van der Waals surface area contributed by atoms with Crippen LogP contribution in [0, 0.1) is 0 Å². The van der Waals surface area contributed by atoms with Crippen LogP contribution in [0.4, 0.5) is 24.9 Å². The Morgan fingerprint density at radius 2 is 2.05 bits per heavy atom. The molecule has 0 fully saturated rings. The Balaban J connectivity index is 3.02. The van der Waals surface area contributed by atoms with E-state index < -0.39 is 17.9 Å². The lowest BCUT2D eigenvalue weighted by atomic mass is 10.3. The van der Waals surface area contributed by atoms with Gasteiger partial charge in [-0.3, -0.25) is 0 Å². The summed E-state index contributed by atoms with van der Waals surface area (Å²) in [6.45, 7) is 3.79. The standard InChI is InChI=1S/C11H17F3N4O/c1-3-4-15-10-17-8(11(12,13)14)5-9(18-10)16-7(2)6-19/h5,7,19H,3-4,6H2,1-2H3,(H2,15,16,17,18). The first-order valence-corrected chi connectivity index (χ1v) is 5.94. The van der Waals surface area contributed by atoms with Gasteiger partial charge in [0, 0.05) is 18.7 Å². The van der Waals surface area contributed by atoms with Gasteiger partial charge in [-0.25, -0.2) is 4.98 Å².